The lowest BCUT2D eigenvalue weighted by Crippen LogP contribution is -2.21. The van der Waals surface area contributed by atoms with Gasteiger partial charge in [-0.15, -0.1) is 0 Å². The second-order valence-electron chi connectivity index (χ2n) is 2.55. The van der Waals surface area contributed by atoms with Crippen LogP contribution < -0.4 is 5.11 Å². The predicted octanol–water partition coefficient (Wildman–Crippen LogP) is -0.395. The first kappa shape index (κ1) is 15.9. The molecule has 0 saturated heterocycles. The summed E-state index contributed by atoms with van der Waals surface area (Å²) in [5.74, 6) is -1.98. The topological polar surface area (TPSA) is 92.7 Å². The summed E-state index contributed by atoms with van der Waals surface area (Å²) in [5.41, 5.74) is 0. The molecule has 6 nitrogen and oxygen atoms in total. The monoisotopic (exact) mass is 219 g/mol. The third-order valence-corrected chi connectivity index (χ3v) is 0.928. The summed E-state index contributed by atoms with van der Waals surface area (Å²) in [6, 6.07) is 0. The van der Waals surface area contributed by atoms with Crippen LogP contribution in [0.3, 0.4) is 0 Å². The Morgan fingerprint density at radius 1 is 1.07 bits per heavy atom. The molecule has 0 amide bonds. The van der Waals surface area contributed by atoms with Gasteiger partial charge in [0.05, 0.1) is 0 Å². The van der Waals surface area contributed by atoms with Gasteiger partial charge in [-0.05, 0) is 6.92 Å². The number of carboxylic acids is 1. The van der Waals surface area contributed by atoms with E-state index in [1.54, 1.807) is 6.92 Å². The Kier molecular flexibility index (Phi) is 9.50. The standard InChI is InChI=1S/C7H12O4.C2H4O2/c1-4-7(10-5(2)8)11-6(3)9;1-2(3)4/h7H,4H2,1-3H3;1H3,(H,3,4)/p-1. The second kappa shape index (κ2) is 8.98. The van der Waals surface area contributed by atoms with E-state index in [0.29, 0.717) is 6.42 Å². The highest BCUT2D eigenvalue weighted by Crippen LogP contribution is 2.00. The van der Waals surface area contributed by atoms with Crippen molar-refractivity contribution in [2.45, 2.75) is 40.4 Å². The first-order valence-corrected chi connectivity index (χ1v) is 4.31. The molecule has 0 bridgehead atoms. The average Bonchev–Trinajstić information content (AvgIpc) is 2.00. The highest BCUT2D eigenvalue weighted by Gasteiger charge is 2.11. The van der Waals surface area contributed by atoms with Gasteiger partial charge in [0.15, 0.2) is 0 Å². The van der Waals surface area contributed by atoms with Crippen LogP contribution in [0.5, 0.6) is 0 Å². The molecular formula is C9H15O6-. The summed E-state index contributed by atoms with van der Waals surface area (Å²) in [4.78, 5) is 29.7. The van der Waals surface area contributed by atoms with Gasteiger partial charge in [-0.2, -0.15) is 0 Å². The Bertz CT molecular complexity index is 203. The Morgan fingerprint density at radius 2 is 1.33 bits per heavy atom. The summed E-state index contributed by atoms with van der Waals surface area (Å²) in [5, 5.41) is 8.89. The third-order valence-electron chi connectivity index (χ3n) is 0.928. The molecule has 0 aliphatic heterocycles. The number of carbonyl (C=O) groups excluding carboxylic acids is 3. The van der Waals surface area contributed by atoms with E-state index < -0.39 is 24.2 Å². The van der Waals surface area contributed by atoms with Crippen molar-refractivity contribution in [1.82, 2.24) is 0 Å². The van der Waals surface area contributed by atoms with Crippen LogP contribution in [0.4, 0.5) is 0 Å². The molecule has 0 spiro atoms. The van der Waals surface area contributed by atoms with Crippen molar-refractivity contribution in [3.05, 3.63) is 0 Å². The first-order valence-electron chi connectivity index (χ1n) is 4.31. The fourth-order valence-electron chi connectivity index (χ4n) is 0.561. The zero-order chi connectivity index (χ0) is 12.4. The van der Waals surface area contributed by atoms with E-state index in [4.69, 9.17) is 9.90 Å². The van der Waals surface area contributed by atoms with Crippen LogP contribution in [0, 0.1) is 0 Å². The number of carboxylic acid groups (broad SMARTS) is 1. The predicted molar refractivity (Wildman–Crippen MR) is 48.3 cm³/mol. The van der Waals surface area contributed by atoms with Crippen molar-refractivity contribution in [2.75, 3.05) is 0 Å². The molecule has 0 heterocycles. The first-order chi connectivity index (χ1) is 6.79. The number of rotatable bonds is 3. The van der Waals surface area contributed by atoms with Gasteiger partial charge < -0.3 is 19.4 Å². The van der Waals surface area contributed by atoms with E-state index >= 15 is 0 Å². The number of esters is 2. The van der Waals surface area contributed by atoms with Gasteiger partial charge in [-0.1, -0.05) is 6.92 Å². The Morgan fingerprint density at radius 3 is 1.47 bits per heavy atom. The molecule has 0 fully saturated rings. The van der Waals surface area contributed by atoms with E-state index in [1.165, 1.54) is 13.8 Å². The van der Waals surface area contributed by atoms with Crippen LogP contribution in [-0.2, 0) is 23.9 Å². The summed E-state index contributed by atoms with van der Waals surface area (Å²) in [6.07, 6.45) is -0.260. The molecule has 0 aromatic rings. The van der Waals surface area contributed by atoms with E-state index in [1.807, 2.05) is 0 Å². The maximum atomic E-state index is 10.4. The molecular weight excluding hydrogens is 204 g/mol. The molecule has 15 heavy (non-hydrogen) atoms. The molecule has 0 saturated carbocycles. The molecule has 0 aromatic carbocycles. The lowest BCUT2D eigenvalue weighted by molar-refractivity contribution is -0.302. The minimum absolute atomic E-state index is 0.446. The Labute approximate surface area is 88.2 Å². The van der Waals surface area contributed by atoms with E-state index in [2.05, 4.69) is 9.47 Å². The van der Waals surface area contributed by atoms with Gasteiger partial charge >= 0.3 is 11.9 Å². The van der Waals surface area contributed by atoms with Crippen LogP contribution in [0.25, 0.3) is 0 Å². The molecule has 0 aromatic heterocycles. The van der Waals surface area contributed by atoms with Crippen molar-refractivity contribution in [1.29, 1.82) is 0 Å². The molecule has 0 unspecified atom stereocenters. The smallest absolute Gasteiger partial charge is 0.305 e. The van der Waals surface area contributed by atoms with Crippen molar-refractivity contribution in [2.24, 2.45) is 0 Å². The number of ether oxygens (including phenoxy) is 2. The summed E-state index contributed by atoms with van der Waals surface area (Å²) in [6.45, 7) is 5.27. The van der Waals surface area contributed by atoms with Gasteiger partial charge in [0.1, 0.15) is 0 Å². The zero-order valence-corrected chi connectivity index (χ0v) is 9.23. The van der Waals surface area contributed by atoms with Gasteiger partial charge in [0.2, 0.25) is 6.29 Å². The number of hydrogen-bond donors (Lipinski definition) is 0. The van der Waals surface area contributed by atoms with Crippen molar-refractivity contribution < 1.29 is 29.0 Å². The minimum Gasteiger partial charge on any atom is -0.550 e. The van der Waals surface area contributed by atoms with E-state index in [9.17, 15) is 9.59 Å². The normalized spacial score (nSPS) is 8.60. The largest absolute Gasteiger partial charge is 0.550 e. The van der Waals surface area contributed by atoms with Gasteiger partial charge in [-0.3, -0.25) is 9.59 Å². The second-order valence-corrected chi connectivity index (χ2v) is 2.55. The molecule has 88 valence electrons. The number of hydrogen-bond acceptors (Lipinski definition) is 6. The summed E-state index contributed by atoms with van der Waals surface area (Å²) >= 11 is 0. The fraction of sp³-hybridized carbons (Fsp3) is 0.667. The van der Waals surface area contributed by atoms with Crippen molar-refractivity contribution in [3.63, 3.8) is 0 Å². The average molecular weight is 219 g/mol. The number of carbonyl (C=O) groups is 3. The Hall–Kier alpha value is -1.59. The zero-order valence-electron chi connectivity index (χ0n) is 9.23. The van der Waals surface area contributed by atoms with Crippen LogP contribution in [-0.4, -0.2) is 24.2 Å². The fourth-order valence-corrected chi connectivity index (χ4v) is 0.561. The van der Waals surface area contributed by atoms with Crippen LogP contribution in [0.2, 0.25) is 0 Å². The van der Waals surface area contributed by atoms with Gasteiger partial charge in [0.25, 0.3) is 0 Å². The maximum absolute atomic E-state index is 10.4. The SMILES string of the molecule is CC(=O)[O-].CCC(OC(C)=O)OC(C)=O. The third kappa shape index (κ3) is 19.0. The van der Waals surface area contributed by atoms with E-state index in [-0.39, 0.29) is 0 Å². The summed E-state index contributed by atoms with van der Waals surface area (Å²) < 4.78 is 9.26. The lowest BCUT2D eigenvalue weighted by atomic mass is 10.5. The molecule has 0 radical (unpaired) electrons. The minimum atomic E-state index is -1.08. The van der Waals surface area contributed by atoms with Crippen molar-refractivity contribution >= 4 is 17.9 Å². The molecule has 0 aliphatic rings. The highest BCUT2D eigenvalue weighted by atomic mass is 16.7. The molecule has 0 atom stereocenters. The van der Waals surface area contributed by atoms with Crippen molar-refractivity contribution in [3.8, 4) is 0 Å². The molecule has 6 heteroatoms. The molecule has 0 N–H and O–H groups in total. The van der Waals surface area contributed by atoms with Gasteiger partial charge in [0, 0.05) is 26.2 Å². The quantitative estimate of drug-likeness (QED) is 0.474. The van der Waals surface area contributed by atoms with E-state index in [0.717, 1.165) is 6.92 Å². The molecule has 0 rings (SSSR count). The maximum Gasteiger partial charge on any atom is 0.305 e. The van der Waals surface area contributed by atoms with Gasteiger partial charge in [-0.25, -0.2) is 0 Å². The summed E-state index contributed by atoms with van der Waals surface area (Å²) in [7, 11) is 0. The van der Waals surface area contributed by atoms with Crippen LogP contribution in [0.15, 0.2) is 0 Å². The number of aliphatic carboxylic acids is 1. The van der Waals surface area contributed by atoms with Crippen LogP contribution >= 0.6 is 0 Å². The lowest BCUT2D eigenvalue weighted by Gasteiger charge is -2.13. The highest BCUT2D eigenvalue weighted by molar-refractivity contribution is 5.68. The van der Waals surface area contributed by atoms with Crippen LogP contribution in [0.1, 0.15) is 34.1 Å². The Balaban J connectivity index is 0. The molecule has 0 aliphatic carbocycles.